The van der Waals surface area contributed by atoms with Gasteiger partial charge in [0, 0.05) is 6.04 Å². The molecule has 0 aliphatic heterocycles. The molecule has 0 aromatic carbocycles. The van der Waals surface area contributed by atoms with Crippen molar-refractivity contribution < 1.29 is 5.11 Å². The molecule has 0 heterocycles. The van der Waals surface area contributed by atoms with Crippen LogP contribution in [-0.4, -0.2) is 16.7 Å². The molecular formula is C10H16NO. The molecule has 4 saturated carbocycles. The van der Waals surface area contributed by atoms with Crippen LogP contribution in [0.25, 0.3) is 0 Å². The average molecular weight is 166 g/mol. The highest BCUT2D eigenvalue weighted by Crippen LogP contribution is 2.55. The Balaban J connectivity index is 1.97. The van der Waals surface area contributed by atoms with Gasteiger partial charge in [0.25, 0.3) is 0 Å². The molecule has 3 N–H and O–H groups in total. The maximum Gasteiger partial charge on any atom is 0.0808 e. The van der Waals surface area contributed by atoms with Gasteiger partial charge in [-0.25, -0.2) is 0 Å². The minimum absolute atomic E-state index is 0.00491. The standard InChI is InChI=1S/C10H16NO/c11-9-8-2-6-1-7(3-8)5-10(9,12)4-6/h6-7,9,12H,1-5,11H2. The summed E-state index contributed by atoms with van der Waals surface area (Å²) >= 11 is 0. The number of hydrogen-bond donors (Lipinski definition) is 2. The molecule has 0 spiro atoms. The molecule has 0 aromatic heterocycles. The van der Waals surface area contributed by atoms with E-state index in [1.54, 1.807) is 0 Å². The molecule has 4 bridgehead atoms. The van der Waals surface area contributed by atoms with Crippen molar-refractivity contribution in [3.8, 4) is 0 Å². The fourth-order valence-electron chi connectivity index (χ4n) is 3.74. The normalized spacial score (nSPS) is 58.0. The van der Waals surface area contributed by atoms with Gasteiger partial charge in [0.2, 0.25) is 0 Å². The van der Waals surface area contributed by atoms with E-state index >= 15 is 0 Å². The molecule has 1 radical (unpaired) electrons. The first-order chi connectivity index (χ1) is 5.67. The van der Waals surface area contributed by atoms with E-state index in [2.05, 4.69) is 0 Å². The number of nitrogens with two attached hydrogens (primary N) is 1. The summed E-state index contributed by atoms with van der Waals surface area (Å²) < 4.78 is 0. The predicted molar refractivity (Wildman–Crippen MR) is 46.2 cm³/mol. The van der Waals surface area contributed by atoms with Crippen LogP contribution in [-0.2, 0) is 0 Å². The molecular weight excluding hydrogens is 150 g/mol. The van der Waals surface area contributed by atoms with Crippen LogP contribution in [0.4, 0.5) is 0 Å². The molecule has 4 aliphatic carbocycles. The van der Waals surface area contributed by atoms with Crippen LogP contribution in [0.2, 0.25) is 0 Å². The molecule has 0 aromatic rings. The summed E-state index contributed by atoms with van der Waals surface area (Å²) in [4.78, 5) is 0. The zero-order chi connectivity index (χ0) is 8.34. The summed E-state index contributed by atoms with van der Waals surface area (Å²) in [6.45, 7) is 0. The first kappa shape index (κ1) is 7.34. The van der Waals surface area contributed by atoms with Crippen molar-refractivity contribution in [2.45, 2.75) is 43.7 Å². The minimum atomic E-state index is -0.501. The maximum atomic E-state index is 10.2. The molecule has 2 nitrogen and oxygen atoms in total. The Morgan fingerprint density at radius 1 is 1.25 bits per heavy atom. The fourth-order valence-corrected chi connectivity index (χ4v) is 3.74. The van der Waals surface area contributed by atoms with Gasteiger partial charge in [0.05, 0.1) is 5.60 Å². The SMILES string of the molecule is NC1[C]2CC3CC(C2)CC1(O)C3. The lowest BCUT2D eigenvalue weighted by molar-refractivity contribution is -0.0991. The lowest BCUT2D eigenvalue weighted by atomic mass is 9.52. The third-order valence-corrected chi connectivity index (χ3v) is 4.07. The van der Waals surface area contributed by atoms with Crippen LogP contribution in [0.15, 0.2) is 0 Å². The van der Waals surface area contributed by atoms with E-state index in [-0.39, 0.29) is 6.04 Å². The van der Waals surface area contributed by atoms with E-state index < -0.39 is 5.60 Å². The molecule has 67 valence electrons. The van der Waals surface area contributed by atoms with Crippen molar-refractivity contribution in [2.24, 2.45) is 17.6 Å². The molecule has 3 unspecified atom stereocenters. The van der Waals surface area contributed by atoms with E-state index in [1.807, 2.05) is 0 Å². The second-order valence-electron chi connectivity index (χ2n) is 5.02. The van der Waals surface area contributed by atoms with Gasteiger partial charge in [-0.15, -0.1) is 0 Å². The largest absolute Gasteiger partial charge is 0.388 e. The highest BCUT2D eigenvalue weighted by atomic mass is 16.3. The van der Waals surface area contributed by atoms with Gasteiger partial charge >= 0.3 is 0 Å². The molecule has 3 atom stereocenters. The molecule has 4 fully saturated rings. The Kier molecular flexibility index (Phi) is 1.25. The second kappa shape index (κ2) is 2.05. The lowest BCUT2D eigenvalue weighted by Gasteiger charge is -2.57. The van der Waals surface area contributed by atoms with Crippen LogP contribution >= 0.6 is 0 Å². The highest BCUT2D eigenvalue weighted by Gasteiger charge is 2.55. The molecule has 2 heteroatoms. The van der Waals surface area contributed by atoms with Crippen LogP contribution in [0.1, 0.15) is 32.1 Å². The second-order valence-corrected chi connectivity index (χ2v) is 5.02. The predicted octanol–water partition coefficient (Wildman–Crippen LogP) is 0.843. The van der Waals surface area contributed by atoms with Crippen molar-refractivity contribution in [2.75, 3.05) is 0 Å². The third-order valence-electron chi connectivity index (χ3n) is 4.07. The van der Waals surface area contributed by atoms with Crippen LogP contribution in [0.3, 0.4) is 0 Å². The van der Waals surface area contributed by atoms with Gasteiger partial charge in [-0.05, 0) is 49.9 Å². The average Bonchev–Trinajstić information content (AvgIpc) is 1.98. The van der Waals surface area contributed by atoms with Crippen molar-refractivity contribution in [1.82, 2.24) is 0 Å². The van der Waals surface area contributed by atoms with Crippen molar-refractivity contribution in [1.29, 1.82) is 0 Å². The zero-order valence-corrected chi connectivity index (χ0v) is 7.29. The topological polar surface area (TPSA) is 46.2 Å². The van der Waals surface area contributed by atoms with Crippen molar-refractivity contribution >= 4 is 0 Å². The Morgan fingerprint density at radius 3 is 2.33 bits per heavy atom. The highest BCUT2D eigenvalue weighted by molar-refractivity contribution is 5.22. The Labute approximate surface area is 73.1 Å². The van der Waals surface area contributed by atoms with E-state index in [4.69, 9.17) is 5.73 Å². The van der Waals surface area contributed by atoms with Crippen molar-refractivity contribution in [3.63, 3.8) is 0 Å². The molecule has 0 amide bonds. The summed E-state index contributed by atoms with van der Waals surface area (Å²) in [6.07, 6.45) is 5.70. The van der Waals surface area contributed by atoms with Crippen LogP contribution in [0.5, 0.6) is 0 Å². The van der Waals surface area contributed by atoms with Gasteiger partial charge in [0.15, 0.2) is 0 Å². The lowest BCUT2D eigenvalue weighted by Crippen LogP contribution is -2.63. The van der Waals surface area contributed by atoms with Gasteiger partial charge < -0.3 is 10.8 Å². The third kappa shape index (κ3) is 0.775. The smallest absolute Gasteiger partial charge is 0.0808 e. The molecule has 12 heavy (non-hydrogen) atoms. The monoisotopic (exact) mass is 166 g/mol. The summed E-state index contributed by atoms with van der Waals surface area (Å²) in [5.41, 5.74) is 5.51. The van der Waals surface area contributed by atoms with E-state index in [0.29, 0.717) is 0 Å². The Bertz CT molecular complexity index is 202. The minimum Gasteiger partial charge on any atom is -0.388 e. The van der Waals surface area contributed by atoms with E-state index in [1.165, 1.54) is 25.2 Å². The summed E-state index contributed by atoms with van der Waals surface area (Å²) in [5.74, 6) is 2.98. The Morgan fingerprint density at radius 2 is 1.83 bits per heavy atom. The summed E-state index contributed by atoms with van der Waals surface area (Å²) in [7, 11) is 0. The van der Waals surface area contributed by atoms with E-state index in [9.17, 15) is 5.11 Å². The summed E-state index contributed by atoms with van der Waals surface area (Å²) in [6, 6.07) is 0.00491. The Hall–Kier alpha value is -0.0800. The van der Waals surface area contributed by atoms with Gasteiger partial charge in [0.1, 0.15) is 0 Å². The quantitative estimate of drug-likeness (QED) is 0.560. The van der Waals surface area contributed by atoms with Gasteiger partial charge in [-0.3, -0.25) is 0 Å². The number of rotatable bonds is 0. The molecule has 4 rings (SSSR count). The maximum absolute atomic E-state index is 10.2. The first-order valence-corrected chi connectivity index (χ1v) is 5.00. The zero-order valence-electron chi connectivity index (χ0n) is 7.29. The molecule has 0 saturated heterocycles. The van der Waals surface area contributed by atoms with Crippen LogP contribution in [0, 0.1) is 17.8 Å². The number of hydrogen-bond acceptors (Lipinski definition) is 2. The molecule has 4 aliphatic rings. The van der Waals surface area contributed by atoms with Gasteiger partial charge in [-0.2, -0.15) is 0 Å². The summed E-state index contributed by atoms with van der Waals surface area (Å²) in [5, 5.41) is 10.2. The first-order valence-electron chi connectivity index (χ1n) is 5.00. The van der Waals surface area contributed by atoms with Crippen molar-refractivity contribution in [3.05, 3.63) is 5.92 Å². The fraction of sp³-hybridized carbons (Fsp3) is 0.900. The number of aliphatic hydroxyl groups is 1. The van der Waals surface area contributed by atoms with Crippen LogP contribution < -0.4 is 5.73 Å². The van der Waals surface area contributed by atoms with Gasteiger partial charge in [-0.1, -0.05) is 0 Å². The van der Waals surface area contributed by atoms with E-state index in [0.717, 1.165) is 24.7 Å².